The quantitative estimate of drug-likeness (QED) is 0.792. The van der Waals surface area contributed by atoms with Crippen molar-refractivity contribution in [3.63, 3.8) is 0 Å². The van der Waals surface area contributed by atoms with Crippen molar-refractivity contribution in [2.45, 2.75) is 39.0 Å². The summed E-state index contributed by atoms with van der Waals surface area (Å²) in [6.07, 6.45) is 5.50. The van der Waals surface area contributed by atoms with Crippen molar-refractivity contribution in [1.29, 1.82) is 0 Å². The summed E-state index contributed by atoms with van der Waals surface area (Å²) in [7, 11) is 0. The number of hydrogen-bond donors (Lipinski definition) is 2. The SMILES string of the molecule is CC1CCCC(CNC(=O)CCOc2ccc(N)cc2)C1. The maximum absolute atomic E-state index is 11.8. The second kappa shape index (κ2) is 7.91. The van der Waals surface area contributed by atoms with Crippen LogP contribution >= 0.6 is 0 Å². The van der Waals surface area contributed by atoms with Gasteiger partial charge >= 0.3 is 0 Å². The van der Waals surface area contributed by atoms with Crippen LogP contribution in [-0.2, 0) is 4.79 Å². The Morgan fingerprint density at radius 3 is 2.81 bits per heavy atom. The number of anilines is 1. The van der Waals surface area contributed by atoms with Gasteiger partial charge in [-0.15, -0.1) is 0 Å². The zero-order chi connectivity index (χ0) is 15.1. The highest BCUT2D eigenvalue weighted by Crippen LogP contribution is 2.27. The number of benzene rings is 1. The fourth-order valence-corrected chi connectivity index (χ4v) is 2.92. The summed E-state index contributed by atoms with van der Waals surface area (Å²) in [4.78, 5) is 11.8. The van der Waals surface area contributed by atoms with Crippen LogP contribution in [0.1, 0.15) is 39.0 Å². The van der Waals surface area contributed by atoms with Gasteiger partial charge in [-0.2, -0.15) is 0 Å². The van der Waals surface area contributed by atoms with Crippen molar-refractivity contribution in [2.24, 2.45) is 11.8 Å². The molecule has 4 heteroatoms. The van der Waals surface area contributed by atoms with E-state index in [2.05, 4.69) is 12.2 Å². The van der Waals surface area contributed by atoms with Crippen LogP contribution in [0.15, 0.2) is 24.3 Å². The Bertz CT molecular complexity index is 445. The third-order valence-electron chi connectivity index (χ3n) is 4.11. The molecule has 2 atom stereocenters. The molecule has 1 aromatic carbocycles. The van der Waals surface area contributed by atoms with Gasteiger partial charge in [-0.3, -0.25) is 4.79 Å². The van der Waals surface area contributed by atoms with E-state index in [9.17, 15) is 4.79 Å². The van der Waals surface area contributed by atoms with E-state index in [4.69, 9.17) is 10.5 Å². The second-order valence-corrected chi connectivity index (χ2v) is 6.11. The van der Waals surface area contributed by atoms with Gasteiger partial charge in [0, 0.05) is 12.2 Å². The van der Waals surface area contributed by atoms with Crippen LogP contribution in [-0.4, -0.2) is 19.1 Å². The molecule has 2 unspecified atom stereocenters. The molecule has 1 saturated carbocycles. The molecule has 0 bridgehead atoms. The van der Waals surface area contributed by atoms with Crippen LogP contribution in [0.5, 0.6) is 5.75 Å². The summed E-state index contributed by atoms with van der Waals surface area (Å²) in [6, 6.07) is 7.21. The summed E-state index contributed by atoms with van der Waals surface area (Å²) in [5.74, 6) is 2.27. The summed E-state index contributed by atoms with van der Waals surface area (Å²) in [6.45, 7) is 3.51. The van der Waals surface area contributed by atoms with Crippen LogP contribution in [0.2, 0.25) is 0 Å². The van der Waals surface area contributed by atoms with Gasteiger partial charge in [-0.1, -0.05) is 19.8 Å². The zero-order valence-corrected chi connectivity index (χ0v) is 12.8. The van der Waals surface area contributed by atoms with Gasteiger partial charge in [0.2, 0.25) is 5.91 Å². The minimum absolute atomic E-state index is 0.0728. The number of rotatable bonds is 6. The largest absolute Gasteiger partial charge is 0.493 e. The zero-order valence-electron chi connectivity index (χ0n) is 12.8. The van der Waals surface area contributed by atoms with Crippen LogP contribution < -0.4 is 15.8 Å². The van der Waals surface area contributed by atoms with Gasteiger partial charge in [0.1, 0.15) is 5.75 Å². The lowest BCUT2D eigenvalue weighted by Gasteiger charge is -2.26. The molecule has 1 aliphatic rings. The van der Waals surface area contributed by atoms with Gasteiger partial charge in [0.25, 0.3) is 0 Å². The summed E-state index contributed by atoms with van der Waals surface area (Å²) >= 11 is 0. The first-order valence-electron chi connectivity index (χ1n) is 7.88. The fraction of sp³-hybridized carbons (Fsp3) is 0.588. The van der Waals surface area contributed by atoms with Gasteiger partial charge < -0.3 is 15.8 Å². The molecule has 0 heterocycles. The van der Waals surface area contributed by atoms with Gasteiger partial charge in [-0.25, -0.2) is 0 Å². The average Bonchev–Trinajstić information content (AvgIpc) is 2.47. The molecular formula is C17H26N2O2. The lowest BCUT2D eigenvalue weighted by atomic mass is 9.82. The Morgan fingerprint density at radius 1 is 1.33 bits per heavy atom. The Morgan fingerprint density at radius 2 is 2.10 bits per heavy atom. The number of carbonyl (C=O) groups excluding carboxylic acids is 1. The molecule has 21 heavy (non-hydrogen) atoms. The summed E-state index contributed by atoms with van der Waals surface area (Å²) in [5.41, 5.74) is 6.31. The highest BCUT2D eigenvalue weighted by Gasteiger charge is 2.19. The van der Waals surface area contributed by atoms with Crippen LogP contribution in [0, 0.1) is 11.8 Å². The molecule has 116 valence electrons. The molecule has 0 spiro atoms. The topological polar surface area (TPSA) is 64.3 Å². The maximum Gasteiger partial charge on any atom is 0.223 e. The molecule has 0 radical (unpaired) electrons. The first-order chi connectivity index (χ1) is 10.1. The average molecular weight is 290 g/mol. The number of nitrogen functional groups attached to an aromatic ring is 1. The van der Waals surface area contributed by atoms with Crippen molar-refractivity contribution < 1.29 is 9.53 Å². The van der Waals surface area contributed by atoms with Crippen molar-refractivity contribution in [3.8, 4) is 5.75 Å². The van der Waals surface area contributed by atoms with E-state index in [-0.39, 0.29) is 5.91 Å². The normalized spacial score (nSPS) is 21.8. The van der Waals surface area contributed by atoms with Crippen molar-refractivity contribution in [1.82, 2.24) is 5.32 Å². The smallest absolute Gasteiger partial charge is 0.223 e. The Kier molecular flexibility index (Phi) is 5.90. The minimum atomic E-state index is 0.0728. The minimum Gasteiger partial charge on any atom is -0.493 e. The predicted molar refractivity (Wildman–Crippen MR) is 85.1 cm³/mol. The number of hydrogen-bond acceptors (Lipinski definition) is 3. The van der Waals surface area contributed by atoms with Crippen LogP contribution in [0.25, 0.3) is 0 Å². The van der Waals surface area contributed by atoms with E-state index in [1.807, 2.05) is 12.1 Å². The van der Waals surface area contributed by atoms with E-state index >= 15 is 0 Å². The number of amides is 1. The molecular weight excluding hydrogens is 264 g/mol. The highest BCUT2D eigenvalue weighted by atomic mass is 16.5. The monoisotopic (exact) mass is 290 g/mol. The molecule has 3 N–H and O–H groups in total. The van der Waals surface area contributed by atoms with E-state index in [0.29, 0.717) is 24.6 Å². The third kappa shape index (κ3) is 5.66. The molecule has 1 fully saturated rings. The highest BCUT2D eigenvalue weighted by molar-refractivity contribution is 5.75. The Balaban J connectivity index is 1.60. The van der Waals surface area contributed by atoms with Gasteiger partial charge in [0.15, 0.2) is 0 Å². The molecule has 1 amide bonds. The summed E-state index contributed by atoms with van der Waals surface area (Å²) < 4.78 is 5.52. The lowest BCUT2D eigenvalue weighted by Crippen LogP contribution is -2.32. The van der Waals surface area contributed by atoms with E-state index < -0.39 is 0 Å². The summed E-state index contributed by atoms with van der Waals surface area (Å²) in [5, 5.41) is 3.03. The number of carbonyl (C=O) groups is 1. The second-order valence-electron chi connectivity index (χ2n) is 6.11. The Labute approximate surface area is 127 Å². The van der Waals surface area contributed by atoms with Crippen molar-refractivity contribution in [2.75, 3.05) is 18.9 Å². The van der Waals surface area contributed by atoms with Crippen LogP contribution in [0.3, 0.4) is 0 Å². The predicted octanol–water partition coefficient (Wildman–Crippen LogP) is 2.98. The fourth-order valence-electron chi connectivity index (χ4n) is 2.92. The van der Waals surface area contributed by atoms with Gasteiger partial charge in [-0.05, 0) is 48.9 Å². The Hall–Kier alpha value is -1.71. The first-order valence-corrected chi connectivity index (χ1v) is 7.88. The van der Waals surface area contributed by atoms with E-state index in [0.717, 1.165) is 18.2 Å². The van der Waals surface area contributed by atoms with Crippen LogP contribution in [0.4, 0.5) is 5.69 Å². The van der Waals surface area contributed by atoms with Crippen molar-refractivity contribution >= 4 is 11.6 Å². The first kappa shape index (κ1) is 15.7. The third-order valence-corrected chi connectivity index (χ3v) is 4.11. The molecule has 0 saturated heterocycles. The molecule has 0 aliphatic heterocycles. The maximum atomic E-state index is 11.8. The molecule has 0 aromatic heterocycles. The van der Waals surface area contributed by atoms with E-state index in [1.54, 1.807) is 12.1 Å². The number of ether oxygens (including phenoxy) is 1. The number of nitrogens with one attached hydrogen (secondary N) is 1. The molecule has 1 aliphatic carbocycles. The lowest BCUT2D eigenvalue weighted by molar-refractivity contribution is -0.121. The van der Waals surface area contributed by atoms with Gasteiger partial charge in [0.05, 0.1) is 13.0 Å². The number of nitrogens with two attached hydrogens (primary N) is 1. The molecule has 1 aromatic rings. The van der Waals surface area contributed by atoms with E-state index in [1.165, 1.54) is 25.7 Å². The standard InChI is InChI=1S/C17H26N2O2/c1-13-3-2-4-14(11-13)12-19-17(20)9-10-21-16-7-5-15(18)6-8-16/h5-8,13-14H,2-4,9-12,18H2,1H3,(H,19,20). The molecule has 2 rings (SSSR count). The molecule has 4 nitrogen and oxygen atoms in total. The van der Waals surface area contributed by atoms with Crippen molar-refractivity contribution in [3.05, 3.63) is 24.3 Å².